The first-order chi connectivity index (χ1) is 10.1. The largest absolute Gasteiger partial charge is 0.368 e. The number of nitrogen functional groups attached to an aromatic ring is 1. The minimum atomic E-state index is 0.215. The molecule has 3 heterocycles. The third kappa shape index (κ3) is 3.06. The van der Waals surface area contributed by atoms with Crippen LogP contribution in [0.3, 0.4) is 0 Å². The molecule has 1 aliphatic rings. The highest BCUT2D eigenvalue weighted by atomic mass is 35.5. The van der Waals surface area contributed by atoms with Crippen LogP contribution in [0, 0.1) is 0 Å². The van der Waals surface area contributed by atoms with Crippen LogP contribution in [-0.2, 0) is 0 Å². The van der Waals surface area contributed by atoms with Crippen molar-refractivity contribution < 1.29 is 0 Å². The number of nitrogens with two attached hydrogens (primary N) is 1. The lowest BCUT2D eigenvalue weighted by molar-refractivity contribution is 0.312. The van der Waals surface area contributed by atoms with Gasteiger partial charge in [-0.2, -0.15) is 0 Å². The van der Waals surface area contributed by atoms with Crippen LogP contribution < -0.4 is 10.6 Å². The Morgan fingerprint density at radius 2 is 1.95 bits per heavy atom. The minimum absolute atomic E-state index is 0.215. The summed E-state index contributed by atoms with van der Waals surface area (Å²) in [6.07, 6.45) is 3.30. The molecule has 1 saturated heterocycles. The molecule has 0 spiro atoms. The van der Waals surface area contributed by atoms with Gasteiger partial charge < -0.3 is 15.5 Å². The van der Waals surface area contributed by atoms with E-state index in [1.807, 2.05) is 12.1 Å². The molecule has 0 saturated carbocycles. The molecule has 2 aromatic heterocycles. The molecule has 0 amide bonds. The van der Waals surface area contributed by atoms with Gasteiger partial charge >= 0.3 is 0 Å². The van der Waals surface area contributed by atoms with Crippen molar-refractivity contribution in [3.05, 3.63) is 29.5 Å². The maximum atomic E-state index is 6.17. The Labute approximate surface area is 128 Å². The number of hydrogen-bond donors (Lipinski definition) is 1. The summed E-state index contributed by atoms with van der Waals surface area (Å²) in [7, 11) is 2.13. The van der Waals surface area contributed by atoms with Gasteiger partial charge in [0.15, 0.2) is 0 Å². The molecule has 0 bridgehead atoms. The second-order valence-electron chi connectivity index (χ2n) is 5.12. The van der Waals surface area contributed by atoms with E-state index in [4.69, 9.17) is 17.3 Å². The van der Waals surface area contributed by atoms with Gasteiger partial charge in [-0.1, -0.05) is 11.6 Å². The van der Waals surface area contributed by atoms with Crippen LogP contribution in [0.4, 0.5) is 11.8 Å². The van der Waals surface area contributed by atoms with Crippen molar-refractivity contribution in [2.75, 3.05) is 43.9 Å². The number of piperazine rings is 1. The van der Waals surface area contributed by atoms with Crippen LogP contribution in [0.15, 0.2) is 24.5 Å². The lowest BCUT2D eigenvalue weighted by Crippen LogP contribution is -2.44. The fraction of sp³-hybridized carbons (Fsp3) is 0.357. The predicted molar refractivity (Wildman–Crippen MR) is 84.4 cm³/mol. The number of anilines is 2. The summed E-state index contributed by atoms with van der Waals surface area (Å²) in [6.45, 7) is 4.00. The zero-order chi connectivity index (χ0) is 14.8. The number of rotatable bonds is 2. The summed E-state index contributed by atoms with van der Waals surface area (Å²) in [5.74, 6) is 1.15. The van der Waals surface area contributed by atoms with Gasteiger partial charge in [-0.3, -0.25) is 0 Å². The Balaban J connectivity index is 1.91. The Morgan fingerprint density at radius 1 is 1.19 bits per heavy atom. The molecule has 1 fully saturated rings. The summed E-state index contributed by atoms with van der Waals surface area (Å²) in [5, 5.41) is 0.486. The lowest BCUT2D eigenvalue weighted by atomic mass is 10.2. The van der Waals surface area contributed by atoms with E-state index in [-0.39, 0.29) is 5.95 Å². The first-order valence-corrected chi connectivity index (χ1v) is 7.19. The summed E-state index contributed by atoms with van der Waals surface area (Å²) >= 11 is 6.17. The smallest absolute Gasteiger partial charge is 0.220 e. The number of pyridine rings is 1. The summed E-state index contributed by atoms with van der Waals surface area (Å²) in [5.41, 5.74) is 7.19. The van der Waals surface area contributed by atoms with Crippen LogP contribution in [0.2, 0.25) is 5.02 Å². The monoisotopic (exact) mass is 304 g/mol. The number of likely N-dealkylation sites (N-methyl/N-ethyl adjacent to an activating group) is 1. The van der Waals surface area contributed by atoms with Gasteiger partial charge in [0.2, 0.25) is 5.95 Å². The van der Waals surface area contributed by atoms with E-state index in [1.165, 1.54) is 6.20 Å². The Kier molecular flexibility index (Phi) is 3.90. The van der Waals surface area contributed by atoms with Crippen molar-refractivity contribution in [2.24, 2.45) is 0 Å². The van der Waals surface area contributed by atoms with E-state index in [2.05, 4.69) is 31.8 Å². The number of aromatic nitrogens is 3. The van der Waals surface area contributed by atoms with Crippen molar-refractivity contribution >= 4 is 23.4 Å². The molecular formula is C14H17ClN6. The van der Waals surface area contributed by atoms with Gasteiger partial charge in [0, 0.05) is 37.9 Å². The van der Waals surface area contributed by atoms with E-state index in [1.54, 1.807) is 6.20 Å². The van der Waals surface area contributed by atoms with Gasteiger partial charge in [-0.25, -0.2) is 15.0 Å². The topological polar surface area (TPSA) is 71.2 Å². The fourth-order valence-corrected chi connectivity index (χ4v) is 2.56. The van der Waals surface area contributed by atoms with Crippen LogP contribution >= 0.6 is 11.6 Å². The van der Waals surface area contributed by atoms with Gasteiger partial charge in [0.25, 0.3) is 0 Å². The SMILES string of the molecule is CN1CCN(c2cc(-c3nc(N)ncc3Cl)ccn2)CC1. The molecule has 0 atom stereocenters. The first kappa shape index (κ1) is 14.0. The van der Waals surface area contributed by atoms with Crippen molar-refractivity contribution in [3.63, 3.8) is 0 Å². The van der Waals surface area contributed by atoms with Crippen molar-refractivity contribution in [1.29, 1.82) is 0 Å². The normalized spacial score (nSPS) is 16.2. The van der Waals surface area contributed by atoms with Crippen LogP contribution in [0.1, 0.15) is 0 Å². The first-order valence-electron chi connectivity index (χ1n) is 6.81. The third-order valence-corrected chi connectivity index (χ3v) is 3.89. The molecule has 0 radical (unpaired) electrons. The number of halogens is 1. The molecule has 21 heavy (non-hydrogen) atoms. The highest BCUT2D eigenvalue weighted by molar-refractivity contribution is 6.32. The zero-order valence-corrected chi connectivity index (χ0v) is 12.6. The molecular weight excluding hydrogens is 288 g/mol. The highest BCUT2D eigenvalue weighted by Crippen LogP contribution is 2.27. The third-order valence-electron chi connectivity index (χ3n) is 3.61. The molecule has 2 N–H and O–H groups in total. The van der Waals surface area contributed by atoms with E-state index >= 15 is 0 Å². The summed E-state index contributed by atoms with van der Waals surface area (Å²) in [6, 6.07) is 3.88. The Bertz CT molecular complexity index is 639. The number of nitrogens with zero attached hydrogens (tertiary/aromatic N) is 5. The molecule has 1 aliphatic heterocycles. The minimum Gasteiger partial charge on any atom is -0.368 e. The van der Waals surface area contributed by atoms with Gasteiger partial charge in [0.05, 0.1) is 16.9 Å². The molecule has 3 rings (SSSR count). The highest BCUT2D eigenvalue weighted by Gasteiger charge is 2.16. The summed E-state index contributed by atoms with van der Waals surface area (Å²) < 4.78 is 0. The lowest BCUT2D eigenvalue weighted by Gasteiger charge is -2.33. The quantitative estimate of drug-likeness (QED) is 0.907. The second kappa shape index (κ2) is 5.83. The van der Waals surface area contributed by atoms with Crippen LogP contribution in [-0.4, -0.2) is 53.1 Å². The molecule has 7 heteroatoms. The van der Waals surface area contributed by atoms with Gasteiger partial charge in [0.1, 0.15) is 5.82 Å². The molecule has 6 nitrogen and oxygen atoms in total. The van der Waals surface area contributed by atoms with E-state index in [9.17, 15) is 0 Å². The average molecular weight is 305 g/mol. The molecule has 2 aromatic rings. The van der Waals surface area contributed by atoms with Crippen molar-refractivity contribution in [3.8, 4) is 11.3 Å². The van der Waals surface area contributed by atoms with Crippen molar-refractivity contribution in [2.45, 2.75) is 0 Å². The molecule has 0 unspecified atom stereocenters. The second-order valence-corrected chi connectivity index (χ2v) is 5.52. The standard InChI is InChI=1S/C14H17ClN6/c1-20-4-6-21(7-5-20)12-8-10(2-3-17-12)13-11(15)9-18-14(16)19-13/h2-3,8-9H,4-7H2,1H3,(H2,16,18,19). The fourth-order valence-electron chi connectivity index (χ4n) is 2.36. The zero-order valence-electron chi connectivity index (χ0n) is 11.8. The van der Waals surface area contributed by atoms with E-state index in [0.29, 0.717) is 10.7 Å². The average Bonchev–Trinajstić information content (AvgIpc) is 2.50. The van der Waals surface area contributed by atoms with E-state index in [0.717, 1.165) is 37.6 Å². The van der Waals surface area contributed by atoms with Gasteiger partial charge in [-0.05, 0) is 19.2 Å². The maximum Gasteiger partial charge on any atom is 0.220 e. The van der Waals surface area contributed by atoms with Crippen LogP contribution in [0.25, 0.3) is 11.3 Å². The Morgan fingerprint density at radius 3 is 2.71 bits per heavy atom. The summed E-state index contributed by atoms with van der Waals surface area (Å²) in [4.78, 5) is 17.1. The molecule has 0 aromatic carbocycles. The maximum absolute atomic E-state index is 6.17. The van der Waals surface area contributed by atoms with Crippen LogP contribution in [0.5, 0.6) is 0 Å². The van der Waals surface area contributed by atoms with Gasteiger partial charge in [-0.15, -0.1) is 0 Å². The van der Waals surface area contributed by atoms with Crippen molar-refractivity contribution in [1.82, 2.24) is 19.9 Å². The Hall–Kier alpha value is -1.92. The molecule has 0 aliphatic carbocycles. The predicted octanol–water partition coefficient (Wildman–Crippen LogP) is 1.53. The molecule has 110 valence electrons. The van der Waals surface area contributed by atoms with E-state index < -0.39 is 0 Å². The number of hydrogen-bond acceptors (Lipinski definition) is 6.